The van der Waals surface area contributed by atoms with E-state index < -0.39 is 60.9 Å². The number of carbonyl (C=O) groups is 3. The lowest BCUT2D eigenvalue weighted by molar-refractivity contribution is -0.150. The first kappa shape index (κ1) is 37.3. The monoisotopic (exact) mass is 703 g/mol. The van der Waals surface area contributed by atoms with Crippen LogP contribution >= 0.6 is 11.6 Å². The number of unbranched alkanes of at least 4 members (excludes halogenated alkanes) is 1. The van der Waals surface area contributed by atoms with Gasteiger partial charge in [-0.15, -0.1) is 0 Å². The molecule has 1 aliphatic rings. The summed E-state index contributed by atoms with van der Waals surface area (Å²) < 4.78 is 56.8. The fraction of sp³-hybridized carbons (Fsp3) is 0.464. The van der Waals surface area contributed by atoms with Gasteiger partial charge in [-0.05, 0) is 61.6 Å². The minimum Gasteiger partial charge on any atom is -0.480 e. The minimum atomic E-state index is -4.24. The van der Waals surface area contributed by atoms with Gasteiger partial charge in [0.1, 0.15) is 17.0 Å². The first-order valence-electron chi connectivity index (χ1n) is 14.3. The average molecular weight is 704 g/mol. The Kier molecular flexibility index (Phi) is 13.5. The SMILES string of the molecule is NCCCC[C@H](NC(COCc1ccc(CNS(=O)(=O)c2ccc(Cl)c(S(N)(=O)=O)c2)cc1)C(=O)O)C(=O)N1CCC[C@H]1C(=O)O. The van der Waals surface area contributed by atoms with E-state index in [4.69, 9.17) is 27.2 Å². The van der Waals surface area contributed by atoms with Crippen LogP contribution in [-0.2, 0) is 52.3 Å². The number of aliphatic carboxylic acids is 2. The molecule has 1 amide bonds. The van der Waals surface area contributed by atoms with Crippen molar-refractivity contribution in [2.75, 3.05) is 19.7 Å². The maximum Gasteiger partial charge on any atom is 0.326 e. The molecule has 18 heteroatoms. The number of likely N-dealkylation sites (tertiary alicyclic amines) is 1. The topological polar surface area (TPSA) is 249 Å². The van der Waals surface area contributed by atoms with Crippen molar-refractivity contribution in [3.63, 3.8) is 0 Å². The van der Waals surface area contributed by atoms with E-state index in [1.165, 1.54) is 4.90 Å². The van der Waals surface area contributed by atoms with Gasteiger partial charge in [0.25, 0.3) is 0 Å². The molecule has 1 saturated heterocycles. The third-order valence-electron chi connectivity index (χ3n) is 7.33. The summed E-state index contributed by atoms with van der Waals surface area (Å²) in [6, 6.07) is 6.58. The number of carboxylic acids is 2. The smallest absolute Gasteiger partial charge is 0.326 e. The van der Waals surface area contributed by atoms with Crippen LogP contribution in [-0.4, -0.2) is 87.6 Å². The zero-order valence-electron chi connectivity index (χ0n) is 24.8. The Bertz CT molecular complexity index is 1610. The maximum atomic E-state index is 13.3. The molecule has 2 aromatic rings. The van der Waals surface area contributed by atoms with Crippen molar-refractivity contribution in [3.8, 4) is 0 Å². The highest BCUT2D eigenvalue weighted by Gasteiger charge is 2.38. The highest BCUT2D eigenvalue weighted by molar-refractivity contribution is 7.90. The summed E-state index contributed by atoms with van der Waals surface area (Å²) in [4.78, 5) is 37.3. The molecule has 2 aromatic carbocycles. The van der Waals surface area contributed by atoms with Gasteiger partial charge in [-0.2, -0.15) is 0 Å². The Balaban J connectivity index is 1.58. The van der Waals surface area contributed by atoms with Crippen molar-refractivity contribution >= 4 is 49.5 Å². The predicted octanol–water partition coefficient (Wildman–Crippen LogP) is 0.599. The molecular formula is C28H38ClN5O10S2. The third-order valence-corrected chi connectivity index (χ3v) is 10.1. The van der Waals surface area contributed by atoms with Crippen LogP contribution in [0.4, 0.5) is 0 Å². The third kappa shape index (κ3) is 10.4. The van der Waals surface area contributed by atoms with Crippen molar-refractivity contribution in [3.05, 3.63) is 58.6 Å². The molecule has 3 atom stereocenters. The van der Waals surface area contributed by atoms with Crippen LogP contribution in [0.2, 0.25) is 5.02 Å². The number of primary sulfonamides is 1. The van der Waals surface area contributed by atoms with Gasteiger partial charge in [-0.3, -0.25) is 14.9 Å². The van der Waals surface area contributed by atoms with Gasteiger partial charge in [0.15, 0.2) is 0 Å². The number of nitrogens with one attached hydrogen (secondary N) is 2. The van der Waals surface area contributed by atoms with Gasteiger partial charge in [0, 0.05) is 13.1 Å². The summed E-state index contributed by atoms with van der Waals surface area (Å²) in [5.74, 6) is -2.82. The molecule has 0 spiro atoms. The second kappa shape index (κ2) is 16.6. The second-order valence-electron chi connectivity index (χ2n) is 10.7. The highest BCUT2D eigenvalue weighted by Crippen LogP contribution is 2.24. The Morgan fingerprint density at radius 2 is 1.70 bits per heavy atom. The Hall–Kier alpha value is -3.16. The van der Waals surface area contributed by atoms with Crippen molar-refractivity contribution in [1.29, 1.82) is 0 Å². The lowest BCUT2D eigenvalue weighted by Gasteiger charge is -2.29. The summed E-state index contributed by atoms with van der Waals surface area (Å²) in [5.41, 5.74) is 6.80. The van der Waals surface area contributed by atoms with Gasteiger partial charge < -0.3 is 25.6 Å². The van der Waals surface area contributed by atoms with Crippen molar-refractivity contribution in [2.24, 2.45) is 10.9 Å². The number of halogens is 1. The Labute approximate surface area is 272 Å². The van der Waals surface area contributed by atoms with E-state index in [2.05, 4.69) is 10.0 Å². The summed E-state index contributed by atoms with van der Waals surface area (Å²) in [6.07, 6.45) is 2.30. The van der Waals surface area contributed by atoms with Crippen LogP contribution in [0, 0.1) is 0 Å². The minimum absolute atomic E-state index is 0.0115. The summed E-state index contributed by atoms with van der Waals surface area (Å²) in [7, 11) is -8.36. The molecule has 0 aromatic heterocycles. The Morgan fingerprint density at radius 1 is 1.02 bits per heavy atom. The van der Waals surface area contributed by atoms with Gasteiger partial charge in [-0.1, -0.05) is 42.3 Å². The largest absolute Gasteiger partial charge is 0.480 e. The number of hydrogen-bond donors (Lipinski definition) is 6. The normalized spacial score (nSPS) is 16.7. The van der Waals surface area contributed by atoms with Crippen LogP contribution in [0.25, 0.3) is 0 Å². The zero-order valence-corrected chi connectivity index (χ0v) is 27.2. The molecule has 0 saturated carbocycles. The maximum absolute atomic E-state index is 13.3. The van der Waals surface area contributed by atoms with Crippen LogP contribution in [0.3, 0.4) is 0 Å². The summed E-state index contributed by atoms with van der Waals surface area (Å²) in [5, 5.41) is 27.0. The summed E-state index contributed by atoms with van der Waals surface area (Å²) >= 11 is 5.83. The number of carbonyl (C=O) groups excluding carboxylic acids is 1. The van der Waals surface area contributed by atoms with Crippen LogP contribution in [0.5, 0.6) is 0 Å². The number of nitrogens with two attached hydrogens (primary N) is 2. The number of sulfonamides is 2. The second-order valence-corrected chi connectivity index (χ2v) is 14.4. The summed E-state index contributed by atoms with van der Waals surface area (Å²) in [6.45, 7) is 0.264. The molecule has 46 heavy (non-hydrogen) atoms. The average Bonchev–Trinajstić information content (AvgIpc) is 3.49. The van der Waals surface area contributed by atoms with Gasteiger partial charge in [0.2, 0.25) is 26.0 Å². The van der Waals surface area contributed by atoms with E-state index in [1.807, 2.05) is 0 Å². The molecule has 3 rings (SSSR count). The highest BCUT2D eigenvalue weighted by atomic mass is 35.5. The van der Waals surface area contributed by atoms with Crippen molar-refractivity contribution in [1.82, 2.24) is 14.9 Å². The number of amides is 1. The van der Waals surface area contributed by atoms with Gasteiger partial charge >= 0.3 is 11.9 Å². The number of ether oxygens (including phenoxy) is 1. The van der Waals surface area contributed by atoms with Crippen LogP contribution in [0.1, 0.15) is 43.2 Å². The van der Waals surface area contributed by atoms with E-state index in [0.29, 0.717) is 43.4 Å². The molecule has 8 N–H and O–H groups in total. The van der Waals surface area contributed by atoms with Crippen LogP contribution in [0.15, 0.2) is 52.3 Å². The van der Waals surface area contributed by atoms with Gasteiger partial charge in [0.05, 0.1) is 29.2 Å². The molecule has 0 bridgehead atoms. The van der Waals surface area contributed by atoms with E-state index in [9.17, 15) is 41.4 Å². The van der Waals surface area contributed by atoms with E-state index in [1.54, 1.807) is 24.3 Å². The zero-order chi connectivity index (χ0) is 34.1. The fourth-order valence-corrected chi connectivity index (χ4v) is 7.06. The molecule has 1 aliphatic heterocycles. The van der Waals surface area contributed by atoms with Gasteiger partial charge in [-0.25, -0.2) is 31.5 Å². The quantitative estimate of drug-likeness (QED) is 0.117. The number of nitrogens with zero attached hydrogens (tertiary/aromatic N) is 1. The molecule has 1 fully saturated rings. The molecule has 254 valence electrons. The van der Waals surface area contributed by atoms with Crippen molar-refractivity contribution < 1.29 is 46.2 Å². The standard InChI is InChI=1S/C28H38ClN5O10S2/c29-21-11-10-20(14-25(21)45(31,40)41)46(42,43)32-15-18-6-8-19(9-7-18)16-44-17-23(27(36)37)33-22(4-1-2-12-30)26(35)34-13-3-5-24(34)28(38)39/h6-11,14,22-24,32-33H,1-5,12-13,15-17,30H2,(H,36,37)(H,38,39)(H2,31,40,41)/t22-,23?,24-/m0/s1. The molecule has 1 unspecified atom stereocenters. The molecule has 1 heterocycles. The fourth-order valence-electron chi connectivity index (χ4n) is 4.87. The first-order chi connectivity index (χ1) is 21.6. The lowest BCUT2D eigenvalue weighted by Crippen LogP contribution is -2.55. The lowest BCUT2D eigenvalue weighted by atomic mass is 10.1. The number of rotatable bonds is 18. The molecule has 0 aliphatic carbocycles. The molecule has 15 nitrogen and oxygen atoms in total. The number of carboxylic acid groups (broad SMARTS) is 2. The van der Waals surface area contributed by atoms with E-state index in [0.717, 1.165) is 18.2 Å². The number of benzene rings is 2. The number of hydrogen-bond acceptors (Lipinski definition) is 10. The molecular weight excluding hydrogens is 666 g/mol. The Morgan fingerprint density at radius 3 is 2.30 bits per heavy atom. The van der Waals surface area contributed by atoms with Crippen LogP contribution < -0.4 is 20.9 Å². The van der Waals surface area contributed by atoms with E-state index >= 15 is 0 Å². The first-order valence-corrected chi connectivity index (χ1v) is 17.7. The predicted molar refractivity (Wildman–Crippen MR) is 167 cm³/mol. The van der Waals surface area contributed by atoms with Crippen molar-refractivity contribution in [2.45, 2.75) is 73.2 Å². The molecule has 0 radical (unpaired) electrons. The van der Waals surface area contributed by atoms with E-state index in [-0.39, 0.29) is 42.6 Å².